The third kappa shape index (κ3) is 5.92. The molecular formula is C31H39N7O5. The van der Waals surface area contributed by atoms with Crippen molar-refractivity contribution in [3.63, 3.8) is 0 Å². The number of hydrogen-bond acceptors (Lipinski definition) is 9. The lowest BCUT2D eigenvalue weighted by molar-refractivity contribution is 0.00564. The molecule has 0 radical (unpaired) electrons. The van der Waals surface area contributed by atoms with E-state index in [1.54, 1.807) is 29.0 Å². The zero-order valence-corrected chi connectivity index (χ0v) is 26.0. The number of ether oxygens (including phenoxy) is 3. The SMILES string of the molecule is COCOc1c(-c2cc(C(N)=O)c3cc(N4C[C@H](C)N(C(=O)OC(C)(C)C)[C@@H](C)C4)cnc3n2)cc2cn(C)nc2c1C. The van der Waals surface area contributed by atoms with E-state index >= 15 is 0 Å². The van der Waals surface area contributed by atoms with E-state index in [-0.39, 0.29) is 25.0 Å². The summed E-state index contributed by atoms with van der Waals surface area (Å²) in [5, 5.41) is 6.01. The number of nitrogens with two attached hydrogens (primary N) is 1. The van der Waals surface area contributed by atoms with Gasteiger partial charge in [0.05, 0.1) is 40.7 Å². The summed E-state index contributed by atoms with van der Waals surface area (Å²) in [6, 6.07) is 5.28. The average molecular weight is 590 g/mol. The number of nitrogens with zero attached hydrogens (tertiary/aromatic N) is 6. The number of carbonyl (C=O) groups excluding carboxylic acids is 2. The largest absolute Gasteiger partial charge is 0.466 e. The molecule has 228 valence electrons. The predicted octanol–water partition coefficient (Wildman–Crippen LogP) is 4.41. The van der Waals surface area contributed by atoms with Crippen molar-refractivity contribution in [2.75, 3.05) is 31.9 Å². The van der Waals surface area contributed by atoms with Crippen molar-refractivity contribution in [3.05, 3.63) is 41.7 Å². The van der Waals surface area contributed by atoms with Crippen molar-refractivity contribution in [3.8, 4) is 17.0 Å². The molecule has 2 atom stereocenters. The van der Waals surface area contributed by atoms with Gasteiger partial charge < -0.3 is 24.8 Å². The zero-order valence-electron chi connectivity index (χ0n) is 26.0. The van der Waals surface area contributed by atoms with Gasteiger partial charge in [-0.1, -0.05) is 0 Å². The summed E-state index contributed by atoms with van der Waals surface area (Å²) < 4.78 is 18.5. The van der Waals surface area contributed by atoms with Gasteiger partial charge in [-0.3, -0.25) is 14.4 Å². The molecule has 43 heavy (non-hydrogen) atoms. The Hall–Kier alpha value is -4.45. The summed E-state index contributed by atoms with van der Waals surface area (Å²) in [5.74, 6) is -0.0413. The standard InChI is InChI=1S/C31H39N7O5/c1-17-13-37(14-18(2)38(17)30(40)43-31(4,5)6)21-10-23-22(28(32)39)11-25(34-29(23)33-12-21)24-9-20-15-36(7)35-26(20)19(3)27(24)42-16-41-8/h9-12,15,17-18H,13-14,16H2,1-8H3,(H2,32,39)/t17-,18-/m0/s1. The normalized spacial score (nSPS) is 17.5. The minimum Gasteiger partial charge on any atom is -0.466 e. The number of aryl methyl sites for hydroxylation is 2. The van der Waals surface area contributed by atoms with Crippen LogP contribution in [-0.2, 0) is 16.5 Å². The molecule has 1 aliphatic heterocycles. The van der Waals surface area contributed by atoms with Crippen molar-refractivity contribution in [2.24, 2.45) is 12.8 Å². The van der Waals surface area contributed by atoms with E-state index in [4.69, 9.17) is 24.9 Å². The van der Waals surface area contributed by atoms with Crippen LogP contribution >= 0.6 is 0 Å². The maximum Gasteiger partial charge on any atom is 0.410 e. The van der Waals surface area contributed by atoms with Gasteiger partial charge >= 0.3 is 6.09 Å². The molecule has 12 heteroatoms. The highest BCUT2D eigenvalue weighted by atomic mass is 16.7. The number of fused-ring (bicyclic) bond motifs is 2. The van der Waals surface area contributed by atoms with Gasteiger partial charge in [0.1, 0.15) is 11.4 Å². The van der Waals surface area contributed by atoms with Gasteiger partial charge in [-0.2, -0.15) is 5.10 Å². The fraction of sp³-hybridized carbons (Fsp3) is 0.452. The number of methoxy groups -OCH3 is 1. The van der Waals surface area contributed by atoms with E-state index in [1.807, 2.05) is 66.9 Å². The molecule has 0 spiro atoms. The third-order valence-electron chi connectivity index (χ3n) is 7.50. The molecule has 1 fully saturated rings. The van der Waals surface area contributed by atoms with Crippen LogP contribution in [0.5, 0.6) is 5.75 Å². The second kappa shape index (κ2) is 11.3. The summed E-state index contributed by atoms with van der Waals surface area (Å²) >= 11 is 0. The van der Waals surface area contributed by atoms with E-state index in [9.17, 15) is 9.59 Å². The lowest BCUT2D eigenvalue weighted by Gasteiger charge is -2.45. The highest BCUT2D eigenvalue weighted by Gasteiger charge is 2.36. The van der Waals surface area contributed by atoms with Crippen LogP contribution in [0.3, 0.4) is 0 Å². The number of primary amides is 1. The van der Waals surface area contributed by atoms with Crippen molar-refractivity contribution in [1.82, 2.24) is 24.6 Å². The van der Waals surface area contributed by atoms with E-state index in [0.717, 1.165) is 22.2 Å². The summed E-state index contributed by atoms with van der Waals surface area (Å²) in [6.45, 7) is 12.7. The van der Waals surface area contributed by atoms with E-state index in [2.05, 4.69) is 15.0 Å². The van der Waals surface area contributed by atoms with E-state index < -0.39 is 11.5 Å². The van der Waals surface area contributed by atoms with Crippen LogP contribution in [0.4, 0.5) is 10.5 Å². The number of piperazine rings is 1. The van der Waals surface area contributed by atoms with Crippen molar-refractivity contribution in [2.45, 2.75) is 59.2 Å². The van der Waals surface area contributed by atoms with Gasteiger partial charge in [-0.05, 0) is 59.7 Å². The first kappa shape index (κ1) is 30.0. The number of aromatic nitrogens is 4. The molecule has 0 aliphatic carbocycles. The lowest BCUT2D eigenvalue weighted by atomic mass is 10.00. The summed E-state index contributed by atoms with van der Waals surface area (Å²) in [7, 11) is 3.41. The average Bonchev–Trinajstić information content (AvgIpc) is 3.30. The Balaban J connectivity index is 1.54. The van der Waals surface area contributed by atoms with Crippen LogP contribution in [0.15, 0.2) is 30.6 Å². The highest BCUT2D eigenvalue weighted by Crippen LogP contribution is 2.38. The highest BCUT2D eigenvalue weighted by molar-refractivity contribution is 6.06. The van der Waals surface area contributed by atoms with Crippen LogP contribution in [0, 0.1) is 6.92 Å². The number of amides is 2. The monoisotopic (exact) mass is 589 g/mol. The maximum atomic E-state index is 12.9. The molecule has 2 amide bonds. The predicted molar refractivity (Wildman–Crippen MR) is 164 cm³/mol. The Labute approximate surface area is 250 Å². The molecule has 5 rings (SSSR count). The van der Waals surface area contributed by atoms with E-state index in [1.165, 1.54) is 0 Å². The zero-order chi connectivity index (χ0) is 31.2. The van der Waals surface area contributed by atoms with Crippen LogP contribution in [0.2, 0.25) is 0 Å². The van der Waals surface area contributed by atoms with Crippen molar-refractivity contribution >= 4 is 39.6 Å². The van der Waals surface area contributed by atoms with Crippen LogP contribution in [0.25, 0.3) is 33.2 Å². The van der Waals surface area contributed by atoms with Crippen molar-refractivity contribution < 1.29 is 23.8 Å². The molecule has 1 aromatic carbocycles. The first-order chi connectivity index (χ1) is 20.3. The number of benzene rings is 1. The Morgan fingerprint density at radius 2 is 1.81 bits per heavy atom. The minimum atomic E-state index is -0.595. The lowest BCUT2D eigenvalue weighted by Crippen LogP contribution is -2.59. The second-order valence-electron chi connectivity index (χ2n) is 12.1. The Morgan fingerprint density at radius 3 is 2.44 bits per heavy atom. The number of pyridine rings is 2. The molecule has 0 bridgehead atoms. The number of rotatable bonds is 6. The Kier molecular flexibility index (Phi) is 7.91. The number of hydrogen-bond donors (Lipinski definition) is 1. The molecule has 0 unspecified atom stereocenters. The second-order valence-corrected chi connectivity index (χ2v) is 12.1. The van der Waals surface area contributed by atoms with E-state index in [0.29, 0.717) is 46.7 Å². The van der Waals surface area contributed by atoms with Crippen LogP contribution in [-0.4, -0.2) is 81.3 Å². The topological polar surface area (TPSA) is 138 Å². The first-order valence-electron chi connectivity index (χ1n) is 14.2. The Bertz CT molecular complexity index is 1700. The quantitative estimate of drug-likeness (QED) is 0.324. The summed E-state index contributed by atoms with van der Waals surface area (Å²) in [6.07, 6.45) is 3.33. The van der Waals surface area contributed by atoms with Gasteiger partial charge in [0, 0.05) is 55.3 Å². The van der Waals surface area contributed by atoms with Gasteiger partial charge in [-0.15, -0.1) is 0 Å². The van der Waals surface area contributed by atoms with Crippen LogP contribution < -0.4 is 15.4 Å². The number of anilines is 1. The summed E-state index contributed by atoms with van der Waals surface area (Å²) in [5.41, 5.74) is 9.61. The molecule has 3 aromatic heterocycles. The molecule has 12 nitrogen and oxygen atoms in total. The maximum absolute atomic E-state index is 12.9. The van der Waals surface area contributed by atoms with Gasteiger partial charge in [0.15, 0.2) is 12.4 Å². The molecule has 0 saturated carbocycles. The molecule has 1 saturated heterocycles. The van der Waals surface area contributed by atoms with Crippen molar-refractivity contribution in [1.29, 1.82) is 0 Å². The third-order valence-corrected chi connectivity index (χ3v) is 7.50. The van der Waals surface area contributed by atoms with Gasteiger partial charge in [0.25, 0.3) is 0 Å². The number of carbonyl (C=O) groups is 2. The Morgan fingerprint density at radius 1 is 1.12 bits per heavy atom. The van der Waals surface area contributed by atoms with Gasteiger partial charge in [0.2, 0.25) is 5.91 Å². The molecular weight excluding hydrogens is 550 g/mol. The van der Waals surface area contributed by atoms with Gasteiger partial charge in [-0.25, -0.2) is 14.8 Å². The molecule has 4 aromatic rings. The molecule has 4 heterocycles. The smallest absolute Gasteiger partial charge is 0.410 e. The molecule has 1 aliphatic rings. The fourth-order valence-electron chi connectivity index (χ4n) is 5.75. The minimum absolute atomic E-state index is 0.0298. The van der Waals surface area contributed by atoms with Crippen LogP contribution in [0.1, 0.15) is 50.5 Å². The summed E-state index contributed by atoms with van der Waals surface area (Å²) in [4.78, 5) is 39.1. The molecule has 2 N–H and O–H groups in total. The fourth-order valence-corrected chi connectivity index (χ4v) is 5.75. The first-order valence-corrected chi connectivity index (χ1v) is 14.2.